The molecule has 5 rings (SSSR count). The van der Waals surface area contributed by atoms with Gasteiger partial charge in [0.25, 0.3) is 0 Å². The van der Waals surface area contributed by atoms with Crippen LogP contribution >= 0.6 is 0 Å². The van der Waals surface area contributed by atoms with E-state index in [0.717, 1.165) is 70.6 Å². The second-order valence-corrected chi connectivity index (χ2v) is 14.4. The van der Waals surface area contributed by atoms with Crippen LogP contribution in [-0.2, 0) is 19.1 Å². The average Bonchev–Trinajstić information content (AvgIpc) is 3.20. The Balaban J connectivity index is 1.45. The van der Waals surface area contributed by atoms with Gasteiger partial charge in [0.15, 0.2) is 0 Å². The molecule has 0 aromatic carbocycles. The van der Waals surface area contributed by atoms with Crippen molar-refractivity contribution in [3.8, 4) is 0 Å². The van der Waals surface area contributed by atoms with E-state index < -0.39 is 11.5 Å². The zero-order valence-corrected chi connectivity index (χ0v) is 24.3. The molecule has 1 saturated heterocycles. The Labute approximate surface area is 228 Å². The van der Waals surface area contributed by atoms with Crippen molar-refractivity contribution in [3.63, 3.8) is 0 Å². The van der Waals surface area contributed by atoms with Gasteiger partial charge in [-0.15, -0.1) is 0 Å². The Kier molecular flexibility index (Phi) is 7.56. The predicted octanol–water partition coefficient (Wildman–Crippen LogP) is 5.88. The third-order valence-electron chi connectivity index (χ3n) is 12.0. The molecule has 3 saturated carbocycles. The van der Waals surface area contributed by atoms with Crippen LogP contribution in [0.1, 0.15) is 118 Å². The van der Waals surface area contributed by atoms with Gasteiger partial charge >= 0.3 is 11.9 Å². The van der Waals surface area contributed by atoms with E-state index in [1.54, 1.807) is 5.57 Å². The molecule has 9 atom stereocenters. The summed E-state index contributed by atoms with van der Waals surface area (Å²) in [7, 11) is 0. The lowest BCUT2D eigenvalue weighted by atomic mass is 9.48. The van der Waals surface area contributed by atoms with Crippen LogP contribution in [0.3, 0.4) is 0 Å². The van der Waals surface area contributed by atoms with Gasteiger partial charge in [-0.25, -0.2) is 0 Å². The van der Waals surface area contributed by atoms with Crippen molar-refractivity contribution in [2.24, 2.45) is 34.0 Å². The second-order valence-electron chi connectivity index (χ2n) is 14.4. The van der Waals surface area contributed by atoms with Crippen LogP contribution in [0, 0.1) is 34.0 Å². The minimum atomic E-state index is -0.608. The van der Waals surface area contributed by atoms with Crippen molar-refractivity contribution in [1.29, 1.82) is 0 Å². The van der Waals surface area contributed by atoms with Crippen LogP contribution in [0.4, 0.5) is 0 Å². The monoisotopic (exact) mass is 530 g/mol. The fraction of sp³-hybridized carbons (Fsp3) is 0.875. The third-order valence-corrected chi connectivity index (χ3v) is 12.0. The molecule has 214 valence electrons. The first-order valence-corrected chi connectivity index (χ1v) is 15.4. The van der Waals surface area contributed by atoms with Gasteiger partial charge in [0.1, 0.15) is 12.2 Å². The van der Waals surface area contributed by atoms with E-state index in [1.807, 2.05) is 20.8 Å². The van der Waals surface area contributed by atoms with Crippen molar-refractivity contribution in [3.05, 3.63) is 11.1 Å². The van der Waals surface area contributed by atoms with Gasteiger partial charge in [-0.3, -0.25) is 9.59 Å². The molecule has 0 bridgehead atoms. The molecular formula is C32H50O6. The Morgan fingerprint density at radius 3 is 2.53 bits per heavy atom. The van der Waals surface area contributed by atoms with E-state index in [9.17, 15) is 19.8 Å². The highest BCUT2D eigenvalue weighted by atomic mass is 16.6. The summed E-state index contributed by atoms with van der Waals surface area (Å²) in [5.74, 6) is 0.891. The van der Waals surface area contributed by atoms with Crippen LogP contribution in [0.25, 0.3) is 0 Å². The number of carbonyl (C=O) groups excluding carboxylic acids is 2. The van der Waals surface area contributed by atoms with Crippen molar-refractivity contribution in [2.45, 2.75) is 143 Å². The fourth-order valence-electron chi connectivity index (χ4n) is 9.01. The lowest BCUT2D eigenvalue weighted by molar-refractivity contribution is -0.172. The molecule has 0 radical (unpaired) electrons. The fourth-order valence-corrected chi connectivity index (χ4v) is 9.01. The number of hydrogen-bond donors (Lipinski definition) is 2. The summed E-state index contributed by atoms with van der Waals surface area (Å²) in [5.41, 5.74) is 2.59. The number of hydrogen-bond acceptors (Lipinski definition) is 6. The molecule has 0 unspecified atom stereocenters. The number of aliphatic hydroxyl groups excluding tert-OH is 2. The van der Waals surface area contributed by atoms with E-state index >= 15 is 0 Å². The zero-order valence-electron chi connectivity index (χ0n) is 24.3. The molecule has 4 aliphatic carbocycles. The predicted molar refractivity (Wildman–Crippen MR) is 145 cm³/mol. The highest BCUT2D eigenvalue weighted by Gasteiger charge is 2.60. The molecule has 4 fully saturated rings. The topological polar surface area (TPSA) is 93.1 Å². The van der Waals surface area contributed by atoms with Crippen molar-refractivity contribution in [2.75, 3.05) is 0 Å². The van der Waals surface area contributed by atoms with Crippen LogP contribution < -0.4 is 0 Å². The number of esters is 2. The zero-order chi connectivity index (χ0) is 27.5. The van der Waals surface area contributed by atoms with Crippen molar-refractivity contribution < 1.29 is 29.3 Å². The third kappa shape index (κ3) is 4.76. The van der Waals surface area contributed by atoms with E-state index in [1.165, 1.54) is 5.57 Å². The Morgan fingerprint density at radius 1 is 1.05 bits per heavy atom. The average molecular weight is 531 g/mol. The minimum absolute atomic E-state index is 0.0946. The molecule has 6 nitrogen and oxygen atoms in total. The molecule has 0 amide bonds. The Morgan fingerprint density at radius 2 is 1.82 bits per heavy atom. The second kappa shape index (κ2) is 10.2. The van der Waals surface area contributed by atoms with Crippen LogP contribution in [0.5, 0.6) is 0 Å². The molecule has 2 N–H and O–H groups in total. The van der Waals surface area contributed by atoms with Crippen LogP contribution in [0.15, 0.2) is 11.1 Å². The molecule has 1 aliphatic heterocycles. The van der Waals surface area contributed by atoms with E-state index in [-0.39, 0.29) is 47.5 Å². The summed E-state index contributed by atoms with van der Waals surface area (Å²) < 4.78 is 12.2. The number of rotatable bonds is 6. The van der Waals surface area contributed by atoms with Gasteiger partial charge in [0.2, 0.25) is 0 Å². The first-order valence-electron chi connectivity index (χ1n) is 15.4. The maximum atomic E-state index is 13.5. The Bertz CT molecular complexity index is 969. The number of allylic oxidation sites excluding steroid dienone is 1. The van der Waals surface area contributed by atoms with Gasteiger partial charge < -0.3 is 19.7 Å². The Hall–Kier alpha value is -1.40. The van der Waals surface area contributed by atoms with Gasteiger partial charge in [0, 0.05) is 11.8 Å². The van der Waals surface area contributed by atoms with Crippen LogP contribution in [0.2, 0.25) is 0 Å². The summed E-state index contributed by atoms with van der Waals surface area (Å²) in [6.45, 7) is 10.8. The largest absolute Gasteiger partial charge is 0.462 e. The molecule has 1 heterocycles. The van der Waals surface area contributed by atoms with Gasteiger partial charge in [-0.05, 0) is 108 Å². The first kappa shape index (κ1) is 28.1. The summed E-state index contributed by atoms with van der Waals surface area (Å²) in [4.78, 5) is 25.4. The summed E-state index contributed by atoms with van der Waals surface area (Å²) in [5, 5.41) is 20.5. The number of aliphatic hydroxyl groups is 2. The molecule has 0 aromatic rings. The van der Waals surface area contributed by atoms with Gasteiger partial charge in [-0.1, -0.05) is 31.9 Å². The number of carbonyl (C=O) groups is 2. The number of cyclic esters (lactones) is 1. The molecule has 38 heavy (non-hydrogen) atoms. The maximum Gasteiger partial charge on any atom is 0.311 e. The van der Waals surface area contributed by atoms with Crippen molar-refractivity contribution >= 4 is 11.9 Å². The highest BCUT2D eigenvalue weighted by Crippen LogP contribution is 2.66. The summed E-state index contributed by atoms with van der Waals surface area (Å²) in [6.07, 6.45) is 9.84. The summed E-state index contributed by atoms with van der Waals surface area (Å²) >= 11 is 0. The SMILES string of the molecule is CCC(C)(C)C(=O)O[C@H]1C[C@H]2C(=C3CC[C@H](CC[C@@H]4C[C@@H](O)CC(=O)O4)[C@]31C)CC[C@H]1C[C@H](O)CC[C@@]12C. The number of fused-ring (bicyclic) bond motifs is 4. The maximum absolute atomic E-state index is 13.5. The standard InChI is InChI=1S/C32H50O6/c1-6-30(2,3)29(36)38-27-18-26-24(11-8-20-15-21(33)13-14-31(20,26)4)25-12-9-19(32(25,27)5)7-10-23-16-22(34)17-28(35)37-23/h19-23,26-27,33-34H,6-18H2,1-5H3/t19-,20-,21+,22+,23+,26-,27-,31-,32+/m0/s1. The normalized spacial score (nSPS) is 43.1. The lowest BCUT2D eigenvalue weighted by Crippen LogP contribution is -2.53. The quantitative estimate of drug-likeness (QED) is 0.329. The molecular weight excluding hydrogens is 480 g/mol. The lowest BCUT2D eigenvalue weighted by Gasteiger charge is -2.58. The van der Waals surface area contributed by atoms with Crippen LogP contribution in [-0.4, -0.2) is 46.6 Å². The summed E-state index contributed by atoms with van der Waals surface area (Å²) in [6, 6.07) is 0. The van der Waals surface area contributed by atoms with E-state index in [0.29, 0.717) is 24.2 Å². The number of ether oxygens (including phenoxy) is 2. The minimum Gasteiger partial charge on any atom is -0.462 e. The van der Waals surface area contributed by atoms with Gasteiger partial charge in [0.05, 0.1) is 24.0 Å². The van der Waals surface area contributed by atoms with E-state index in [2.05, 4.69) is 13.8 Å². The smallest absolute Gasteiger partial charge is 0.311 e. The molecule has 6 heteroatoms. The first-order chi connectivity index (χ1) is 17.9. The molecule has 0 aromatic heterocycles. The van der Waals surface area contributed by atoms with E-state index in [4.69, 9.17) is 9.47 Å². The van der Waals surface area contributed by atoms with Crippen molar-refractivity contribution in [1.82, 2.24) is 0 Å². The van der Waals surface area contributed by atoms with Gasteiger partial charge in [-0.2, -0.15) is 0 Å². The molecule has 5 aliphatic rings. The highest BCUT2D eigenvalue weighted by molar-refractivity contribution is 5.76. The molecule has 0 spiro atoms.